The van der Waals surface area contributed by atoms with Gasteiger partial charge in [-0.2, -0.15) is 0 Å². The van der Waals surface area contributed by atoms with Crippen LogP contribution >= 0.6 is 0 Å². The molecule has 0 aliphatic heterocycles. The van der Waals surface area contributed by atoms with Gasteiger partial charge >= 0.3 is 5.97 Å². The minimum atomic E-state index is -0.432. The van der Waals surface area contributed by atoms with Crippen LogP contribution in [0.25, 0.3) is 0 Å². The second kappa shape index (κ2) is 10.3. The molecule has 0 bridgehead atoms. The molecule has 30 heavy (non-hydrogen) atoms. The van der Waals surface area contributed by atoms with Crippen LogP contribution in [0.2, 0.25) is 0 Å². The highest BCUT2D eigenvalue weighted by atomic mass is 16.5. The Bertz CT molecular complexity index is 997. The van der Waals surface area contributed by atoms with Crippen molar-refractivity contribution in [3.8, 4) is 5.75 Å². The van der Waals surface area contributed by atoms with Crippen LogP contribution in [-0.2, 0) is 27.4 Å². The van der Waals surface area contributed by atoms with Crippen molar-refractivity contribution in [3.63, 3.8) is 0 Å². The van der Waals surface area contributed by atoms with Crippen LogP contribution in [0.4, 0.5) is 5.69 Å². The summed E-state index contributed by atoms with van der Waals surface area (Å²) < 4.78 is 10.8. The second-order valence-electron chi connectivity index (χ2n) is 7.10. The topological polar surface area (TPSA) is 64.6 Å². The van der Waals surface area contributed by atoms with Crippen molar-refractivity contribution in [1.29, 1.82) is 0 Å². The summed E-state index contributed by atoms with van der Waals surface area (Å²) in [5.41, 5.74) is 4.85. The van der Waals surface area contributed by atoms with Crippen LogP contribution < -0.4 is 10.1 Å². The molecule has 0 fully saturated rings. The number of amides is 1. The number of ether oxygens (including phenoxy) is 2. The predicted molar refractivity (Wildman–Crippen MR) is 116 cm³/mol. The largest absolute Gasteiger partial charge is 0.489 e. The lowest BCUT2D eigenvalue weighted by Crippen LogP contribution is -2.21. The zero-order valence-corrected chi connectivity index (χ0v) is 17.2. The summed E-state index contributed by atoms with van der Waals surface area (Å²) in [6, 6.07) is 22.8. The van der Waals surface area contributed by atoms with Gasteiger partial charge in [0.1, 0.15) is 12.4 Å². The van der Waals surface area contributed by atoms with Crippen LogP contribution in [0.1, 0.15) is 22.3 Å². The molecule has 3 rings (SSSR count). The van der Waals surface area contributed by atoms with Crippen LogP contribution in [-0.4, -0.2) is 18.5 Å². The maximum absolute atomic E-state index is 12.0. The number of carbonyl (C=O) groups is 2. The highest BCUT2D eigenvalue weighted by Crippen LogP contribution is 2.17. The Kier molecular flexibility index (Phi) is 7.22. The molecule has 0 unspecified atom stereocenters. The van der Waals surface area contributed by atoms with Crippen LogP contribution in [0.15, 0.2) is 72.8 Å². The van der Waals surface area contributed by atoms with E-state index in [4.69, 9.17) is 9.47 Å². The summed E-state index contributed by atoms with van der Waals surface area (Å²) >= 11 is 0. The first-order valence-corrected chi connectivity index (χ1v) is 9.78. The van der Waals surface area contributed by atoms with Crippen molar-refractivity contribution in [2.45, 2.75) is 26.9 Å². The molecule has 0 radical (unpaired) electrons. The lowest BCUT2D eigenvalue weighted by Gasteiger charge is -2.09. The molecule has 0 aliphatic carbocycles. The quantitative estimate of drug-likeness (QED) is 0.558. The standard InChI is InChI=1S/C25H25NO4/c1-18-8-9-21(14-19(18)2)15-25(28)30-17-24(27)26-22-10-12-23(13-11-22)29-16-20-6-4-3-5-7-20/h3-14H,15-17H2,1-2H3,(H,26,27). The van der Waals surface area contributed by atoms with Gasteiger partial charge in [-0.15, -0.1) is 0 Å². The number of esters is 1. The van der Waals surface area contributed by atoms with E-state index in [-0.39, 0.29) is 18.9 Å². The summed E-state index contributed by atoms with van der Waals surface area (Å²) in [4.78, 5) is 24.0. The predicted octanol–water partition coefficient (Wildman–Crippen LogP) is 4.61. The first kappa shape index (κ1) is 21.1. The lowest BCUT2D eigenvalue weighted by molar-refractivity contribution is -0.146. The summed E-state index contributed by atoms with van der Waals surface area (Å²) in [5.74, 6) is -0.115. The highest BCUT2D eigenvalue weighted by Gasteiger charge is 2.10. The van der Waals surface area contributed by atoms with Gasteiger partial charge in [-0.3, -0.25) is 9.59 Å². The van der Waals surface area contributed by atoms with E-state index >= 15 is 0 Å². The van der Waals surface area contributed by atoms with Crippen LogP contribution in [0.3, 0.4) is 0 Å². The fourth-order valence-electron chi connectivity index (χ4n) is 2.85. The molecule has 5 nitrogen and oxygen atoms in total. The molecular weight excluding hydrogens is 378 g/mol. The van der Waals surface area contributed by atoms with Gasteiger partial charge in [-0.05, 0) is 60.4 Å². The van der Waals surface area contributed by atoms with Crippen molar-refractivity contribution < 1.29 is 19.1 Å². The molecule has 3 aromatic rings. The number of aryl methyl sites for hydroxylation is 2. The van der Waals surface area contributed by atoms with Gasteiger partial charge in [-0.25, -0.2) is 0 Å². The minimum absolute atomic E-state index is 0.141. The molecule has 1 amide bonds. The van der Waals surface area contributed by atoms with Crippen molar-refractivity contribution >= 4 is 17.6 Å². The van der Waals surface area contributed by atoms with E-state index in [0.29, 0.717) is 18.0 Å². The van der Waals surface area contributed by atoms with Crippen molar-refractivity contribution in [2.75, 3.05) is 11.9 Å². The highest BCUT2D eigenvalue weighted by molar-refractivity contribution is 5.92. The van der Waals surface area contributed by atoms with Gasteiger partial charge in [0.05, 0.1) is 6.42 Å². The van der Waals surface area contributed by atoms with Crippen molar-refractivity contribution in [3.05, 3.63) is 95.1 Å². The molecule has 154 valence electrons. The normalized spacial score (nSPS) is 10.3. The Balaban J connectivity index is 1.41. The van der Waals surface area contributed by atoms with E-state index in [1.165, 1.54) is 5.56 Å². The number of carbonyl (C=O) groups excluding carboxylic acids is 2. The third kappa shape index (κ3) is 6.48. The van der Waals surface area contributed by atoms with Gasteiger partial charge in [0.15, 0.2) is 6.61 Å². The Morgan fingerprint density at radius 3 is 2.27 bits per heavy atom. The van der Waals surface area contributed by atoms with Gasteiger partial charge in [0, 0.05) is 5.69 Å². The van der Waals surface area contributed by atoms with Crippen molar-refractivity contribution in [1.82, 2.24) is 0 Å². The van der Waals surface area contributed by atoms with E-state index < -0.39 is 5.97 Å². The number of benzene rings is 3. The minimum Gasteiger partial charge on any atom is -0.489 e. The Morgan fingerprint density at radius 1 is 0.833 bits per heavy atom. The molecule has 0 heterocycles. The molecule has 0 atom stereocenters. The van der Waals surface area contributed by atoms with Gasteiger partial charge in [-0.1, -0.05) is 48.5 Å². The first-order valence-electron chi connectivity index (χ1n) is 9.78. The lowest BCUT2D eigenvalue weighted by atomic mass is 10.0. The van der Waals surface area contributed by atoms with Crippen LogP contribution in [0.5, 0.6) is 5.75 Å². The van der Waals surface area contributed by atoms with Crippen molar-refractivity contribution in [2.24, 2.45) is 0 Å². The smallest absolute Gasteiger partial charge is 0.310 e. The van der Waals surface area contributed by atoms with Gasteiger partial charge < -0.3 is 14.8 Å². The Labute approximate surface area is 176 Å². The van der Waals surface area contributed by atoms with E-state index in [1.54, 1.807) is 24.3 Å². The maximum atomic E-state index is 12.0. The molecule has 0 saturated carbocycles. The molecule has 0 spiro atoms. The third-order valence-corrected chi connectivity index (χ3v) is 4.67. The number of hydrogen-bond donors (Lipinski definition) is 1. The molecule has 0 aliphatic rings. The summed E-state index contributed by atoms with van der Waals surface area (Å²) in [7, 11) is 0. The Morgan fingerprint density at radius 2 is 1.57 bits per heavy atom. The van der Waals surface area contributed by atoms with E-state index in [2.05, 4.69) is 5.32 Å². The molecule has 5 heteroatoms. The first-order chi connectivity index (χ1) is 14.5. The fourth-order valence-corrected chi connectivity index (χ4v) is 2.85. The zero-order valence-electron chi connectivity index (χ0n) is 17.2. The maximum Gasteiger partial charge on any atom is 0.310 e. The summed E-state index contributed by atoms with van der Waals surface area (Å²) in [6.45, 7) is 4.16. The Hall–Kier alpha value is -3.60. The SMILES string of the molecule is Cc1ccc(CC(=O)OCC(=O)Nc2ccc(OCc3ccccc3)cc2)cc1C. The number of nitrogens with one attached hydrogen (secondary N) is 1. The number of hydrogen-bond acceptors (Lipinski definition) is 4. The average Bonchev–Trinajstić information content (AvgIpc) is 2.75. The molecule has 0 saturated heterocycles. The van der Waals surface area contributed by atoms with Crippen LogP contribution in [0, 0.1) is 13.8 Å². The number of anilines is 1. The molecule has 0 aromatic heterocycles. The second-order valence-corrected chi connectivity index (χ2v) is 7.10. The van der Waals surface area contributed by atoms with Gasteiger partial charge in [0.2, 0.25) is 0 Å². The summed E-state index contributed by atoms with van der Waals surface area (Å²) in [6.07, 6.45) is 0.141. The molecular formula is C25H25NO4. The fraction of sp³-hybridized carbons (Fsp3) is 0.200. The zero-order chi connectivity index (χ0) is 21.3. The summed E-state index contributed by atoms with van der Waals surface area (Å²) in [5, 5.41) is 2.71. The van der Waals surface area contributed by atoms with E-state index in [1.807, 2.05) is 62.4 Å². The monoisotopic (exact) mass is 403 g/mol. The molecule has 3 aromatic carbocycles. The average molecular weight is 403 g/mol. The third-order valence-electron chi connectivity index (χ3n) is 4.67. The molecule has 1 N–H and O–H groups in total. The van der Waals surface area contributed by atoms with E-state index in [0.717, 1.165) is 16.7 Å². The number of rotatable bonds is 8. The van der Waals surface area contributed by atoms with Gasteiger partial charge in [0.25, 0.3) is 5.91 Å². The van der Waals surface area contributed by atoms with E-state index in [9.17, 15) is 9.59 Å².